The first kappa shape index (κ1) is 18.0. The van der Waals surface area contributed by atoms with Crippen molar-refractivity contribution in [3.05, 3.63) is 64.7 Å². The molecule has 0 aromatic heterocycles. The smallest absolute Gasteiger partial charge is 0.255 e. The van der Waals surface area contributed by atoms with Gasteiger partial charge in [0.15, 0.2) is 0 Å². The molecule has 0 fully saturated rings. The number of hydrogen-bond donors (Lipinski definition) is 2. The molecule has 0 aliphatic rings. The van der Waals surface area contributed by atoms with Crippen LogP contribution in [0.25, 0.3) is 0 Å². The van der Waals surface area contributed by atoms with Crippen LogP contribution in [0.3, 0.4) is 0 Å². The Morgan fingerprint density at radius 2 is 1.67 bits per heavy atom. The molecule has 0 heterocycles. The number of nitrogens with one attached hydrogen (secondary N) is 2. The molecule has 2 rings (SSSR count). The predicted octanol–water partition coefficient (Wildman–Crippen LogP) is 2.88. The number of likely N-dealkylation sites (N-methyl/N-ethyl adjacent to an activating group) is 1. The van der Waals surface area contributed by atoms with Gasteiger partial charge in [-0.15, -0.1) is 0 Å². The van der Waals surface area contributed by atoms with Gasteiger partial charge in [0.2, 0.25) is 0 Å². The van der Waals surface area contributed by atoms with E-state index < -0.39 is 0 Å². The minimum Gasteiger partial charge on any atom is -0.351 e. The second-order valence-electron chi connectivity index (χ2n) is 5.57. The van der Waals surface area contributed by atoms with E-state index in [0.717, 1.165) is 6.54 Å². The number of hydrogen-bond acceptors (Lipinski definition) is 3. The molecule has 2 N–H and O–H groups in total. The Bertz CT molecular complexity index is 732. The van der Waals surface area contributed by atoms with E-state index in [2.05, 4.69) is 10.6 Å². The summed E-state index contributed by atoms with van der Waals surface area (Å²) in [5, 5.41) is 6.02. The molecular weight excluding hydrogens is 326 g/mol. The Morgan fingerprint density at radius 1 is 1.00 bits per heavy atom. The Labute approximate surface area is 146 Å². The molecule has 0 unspecified atom stereocenters. The first-order chi connectivity index (χ1) is 11.5. The second kappa shape index (κ2) is 8.47. The van der Waals surface area contributed by atoms with E-state index in [4.69, 9.17) is 11.6 Å². The lowest BCUT2D eigenvalue weighted by Crippen LogP contribution is -2.31. The first-order valence-electron chi connectivity index (χ1n) is 7.56. The summed E-state index contributed by atoms with van der Waals surface area (Å²) in [4.78, 5) is 26.4. The van der Waals surface area contributed by atoms with Gasteiger partial charge in [0.25, 0.3) is 11.8 Å². The Morgan fingerprint density at radius 3 is 2.33 bits per heavy atom. The van der Waals surface area contributed by atoms with Crippen LogP contribution < -0.4 is 10.6 Å². The van der Waals surface area contributed by atoms with Crippen molar-refractivity contribution in [3.8, 4) is 0 Å². The average molecular weight is 346 g/mol. The molecule has 0 saturated carbocycles. The lowest BCUT2D eigenvalue weighted by molar-refractivity contribution is 0.0951. The van der Waals surface area contributed by atoms with Crippen LogP contribution in [0.4, 0.5) is 5.69 Å². The molecule has 0 atom stereocenters. The van der Waals surface area contributed by atoms with Crippen LogP contribution in [0, 0.1) is 0 Å². The summed E-state index contributed by atoms with van der Waals surface area (Å²) in [6, 6.07) is 13.6. The maximum atomic E-state index is 12.3. The third kappa shape index (κ3) is 5.08. The largest absolute Gasteiger partial charge is 0.351 e. The summed E-state index contributed by atoms with van der Waals surface area (Å²) in [6.45, 7) is 1.29. The lowest BCUT2D eigenvalue weighted by Gasteiger charge is -2.11. The molecule has 0 bridgehead atoms. The van der Waals surface area contributed by atoms with E-state index in [9.17, 15) is 9.59 Å². The number of halogens is 1. The van der Waals surface area contributed by atoms with E-state index in [1.54, 1.807) is 48.5 Å². The Balaban J connectivity index is 2.05. The van der Waals surface area contributed by atoms with Crippen molar-refractivity contribution >= 4 is 29.1 Å². The highest BCUT2D eigenvalue weighted by Gasteiger charge is 2.11. The highest BCUT2D eigenvalue weighted by molar-refractivity contribution is 6.33. The predicted molar refractivity (Wildman–Crippen MR) is 96.7 cm³/mol. The van der Waals surface area contributed by atoms with Gasteiger partial charge in [-0.05, 0) is 44.4 Å². The van der Waals surface area contributed by atoms with Gasteiger partial charge in [-0.1, -0.05) is 29.8 Å². The van der Waals surface area contributed by atoms with Gasteiger partial charge in [0.1, 0.15) is 0 Å². The quantitative estimate of drug-likeness (QED) is 0.846. The van der Waals surface area contributed by atoms with Crippen molar-refractivity contribution in [3.63, 3.8) is 0 Å². The van der Waals surface area contributed by atoms with E-state index in [1.807, 2.05) is 19.0 Å². The van der Waals surface area contributed by atoms with Crippen LogP contribution in [0.2, 0.25) is 5.02 Å². The van der Waals surface area contributed by atoms with Crippen molar-refractivity contribution in [2.24, 2.45) is 0 Å². The van der Waals surface area contributed by atoms with Gasteiger partial charge < -0.3 is 15.5 Å². The number of anilines is 1. The van der Waals surface area contributed by atoms with Gasteiger partial charge in [-0.3, -0.25) is 9.59 Å². The highest BCUT2D eigenvalue weighted by atomic mass is 35.5. The molecule has 2 aromatic rings. The average Bonchev–Trinajstić information content (AvgIpc) is 2.56. The summed E-state index contributed by atoms with van der Waals surface area (Å²) in [5.41, 5.74) is 1.38. The molecule has 0 aliphatic carbocycles. The van der Waals surface area contributed by atoms with E-state index in [-0.39, 0.29) is 11.8 Å². The monoisotopic (exact) mass is 345 g/mol. The number of nitrogens with zero attached hydrogens (tertiary/aromatic N) is 1. The van der Waals surface area contributed by atoms with Crippen LogP contribution in [0.5, 0.6) is 0 Å². The minimum atomic E-state index is -0.314. The maximum Gasteiger partial charge on any atom is 0.255 e. The molecule has 0 saturated heterocycles. The number of para-hydroxylation sites is 1. The third-order valence-electron chi connectivity index (χ3n) is 3.35. The van der Waals surface area contributed by atoms with Crippen LogP contribution in [-0.2, 0) is 0 Å². The van der Waals surface area contributed by atoms with Gasteiger partial charge in [0, 0.05) is 24.2 Å². The SMILES string of the molecule is CN(C)CCNC(=O)c1cccc(C(=O)Nc2ccccc2Cl)c1. The van der Waals surface area contributed by atoms with E-state index in [1.165, 1.54) is 0 Å². The molecule has 2 amide bonds. The lowest BCUT2D eigenvalue weighted by atomic mass is 10.1. The Hall–Kier alpha value is -2.37. The summed E-state index contributed by atoms with van der Waals surface area (Å²) >= 11 is 6.04. The zero-order valence-corrected chi connectivity index (χ0v) is 14.4. The standard InChI is InChI=1S/C18H20ClN3O2/c1-22(2)11-10-20-17(23)13-6-5-7-14(12-13)18(24)21-16-9-4-3-8-15(16)19/h3-9,12H,10-11H2,1-2H3,(H,20,23)(H,21,24). The summed E-state index contributed by atoms with van der Waals surface area (Å²) in [5.74, 6) is -0.518. The van der Waals surface area contributed by atoms with Crippen molar-refractivity contribution in [2.45, 2.75) is 0 Å². The fourth-order valence-electron chi connectivity index (χ4n) is 2.05. The molecule has 126 valence electrons. The van der Waals surface area contributed by atoms with E-state index in [0.29, 0.717) is 28.4 Å². The zero-order chi connectivity index (χ0) is 17.5. The van der Waals surface area contributed by atoms with E-state index >= 15 is 0 Å². The van der Waals surface area contributed by atoms with Crippen LogP contribution >= 0.6 is 11.6 Å². The molecule has 0 radical (unpaired) electrons. The highest BCUT2D eigenvalue weighted by Crippen LogP contribution is 2.21. The van der Waals surface area contributed by atoms with Gasteiger partial charge in [-0.25, -0.2) is 0 Å². The molecule has 2 aromatic carbocycles. The molecule has 24 heavy (non-hydrogen) atoms. The van der Waals surface area contributed by atoms with Gasteiger partial charge >= 0.3 is 0 Å². The van der Waals surface area contributed by atoms with Crippen molar-refractivity contribution in [1.29, 1.82) is 0 Å². The van der Waals surface area contributed by atoms with Gasteiger partial charge in [-0.2, -0.15) is 0 Å². The second-order valence-corrected chi connectivity index (χ2v) is 5.98. The molecule has 5 nitrogen and oxygen atoms in total. The third-order valence-corrected chi connectivity index (χ3v) is 3.68. The molecule has 0 aliphatic heterocycles. The Kier molecular flexibility index (Phi) is 6.35. The zero-order valence-electron chi connectivity index (χ0n) is 13.7. The normalized spacial score (nSPS) is 10.5. The van der Waals surface area contributed by atoms with Crippen LogP contribution in [0.1, 0.15) is 20.7 Å². The first-order valence-corrected chi connectivity index (χ1v) is 7.94. The summed E-state index contributed by atoms with van der Waals surface area (Å²) < 4.78 is 0. The molecule has 6 heteroatoms. The van der Waals surface area contributed by atoms with Crippen molar-refractivity contribution in [2.75, 3.05) is 32.5 Å². The van der Waals surface area contributed by atoms with Crippen LogP contribution in [0.15, 0.2) is 48.5 Å². The van der Waals surface area contributed by atoms with Gasteiger partial charge in [0.05, 0.1) is 10.7 Å². The number of carbonyl (C=O) groups excluding carboxylic acids is 2. The number of rotatable bonds is 6. The number of benzene rings is 2. The van der Waals surface area contributed by atoms with Crippen molar-refractivity contribution in [1.82, 2.24) is 10.2 Å². The summed E-state index contributed by atoms with van der Waals surface area (Å²) in [6.07, 6.45) is 0. The maximum absolute atomic E-state index is 12.3. The molecular formula is C18H20ClN3O2. The fraction of sp³-hybridized carbons (Fsp3) is 0.222. The topological polar surface area (TPSA) is 61.4 Å². The fourth-order valence-corrected chi connectivity index (χ4v) is 2.24. The number of amides is 2. The minimum absolute atomic E-state index is 0.204. The summed E-state index contributed by atoms with van der Waals surface area (Å²) in [7, 11) is 3.87. The number of carbonyl (C=O) groups is 2. The van der Waals surface area contributed by atoms with Crippen molar-refractivity contribution < 1.29 is 9.59 Å². The molecule has 0 spiro atoms. The van der Waals surface area contributed by atoms with Crippen LogP contribution in [-0.4, -0.2) is 43.9 Å².